The Kier molecular flexibility index (Phi) is 5.19. The molecule has 0 aromatic carbocycles. The summed E-state index contributed by atoms with van der Waals surface area (Å²) in [5.74, 6) is 0.532. The van der Waals surface area contributed by atoms with Crippen LogP contribution < -0.4 is 0 Å². The van der Waals surface area contributed by atoms with Crippen LogP contribution in [-0.4, -0.2) is 72.4 Å². The normalized spacial score (nSPS) is 33.4. The maximum atomic E-state index is 12.3. The van der Waals surface area contributed by atoms with Crippen molar-refractivity contribution >= 4 is 5.91 Å². The highest BCUT2D eigenvalue weighted by Crippen LogP contribution is 2.16. The number of likely N-dealkylation sites (tertiary alicyclic amines) is 1. The number of hydrogen-bond donors (Lipinski definition) is 1. The molecule has 2 saturated heterocycles. The van der Waals surface area contributed by atoms with Gasteiger partial charge in [0.15, 0.2) is 0 Å². The lowest BCUT2D eigenvalue weighted by Crippen LogP contribution is -2.52. The van der Waals surface area contributed by atoms with E-state index in [4.69, 9.17) is 4.74 Å². The lowest BCUT2D eigenvalue weighted by Gasteiger charge is -2.37. The maximum Gasteiger partial charge on any atom is 0.236 e. The molecule has 1 amide bonds. The number of nitrogens with zero attached hydrogens (tertiary/aromatic N) is 2. The van der Waals surface area contributed by atoms with Crippen LogP contribution in [0.3, 0.4) is 0 Å². The van der Waals surface area contributed by atoms with Crippen molar-refractivity contribution in [2.75, 3.05) is 39.3 Å². The predicted molar refractivity (Wildman–Crippen MR) is 72.8 cm³/mol. The zero-order valence-corrected chi connectivity index (χ0v) is 12.0. The third kappa shape index (κ3) is 4.16. The van der Waals surface area contributed by atoms with Crippen LogP contribution >= 0.6 is 0 Å². The molecule has 1 N–H and O–H groups in total. The van der Waals surface area contributed by atoms with Crippen molar-refractivity contribution in [3.63, 3.8) is 0 Å². The Labute approximate surface area is 115 Å². The molecule has 0 spiro atoms. The van der Waals surface area contributed by atoms with E-state index in [1.807, 2.05) is 18.7 Å². The number of aliphatic hydroxyl groups excluding tert-OH is 1. The van der Waals surface area contributed by atoms with Crippen LogP contribution in [0.4, 0.5) is 0 Å². The minimum atomic E-state index is 0.124. The number of carbonyl (C=O) groups is 1. The number of amides is 1. The van der Waals surface area contributed by atoms with Gasteiger partial charge in [0.25, 0.3) is 0 Å². The molecule has 2 aliphatic heterocycles. The van der Waals surface area contributed by atoms with E-state index in [0.29, 0.717) is 25.6 Å². The molecule has 2 heterocycles. The molecule has 5 nitrogen and oxygen atoms in total. The van der Waals surface area contributed by atoms with Gasteiger partial charge >= 0.3 is 0 Å². The molecule has 3 atom stereocenters. The summed E-state index contributed by atoms with van der Waals surface area (Å²) in [5.41, 5.74) is 0. The number of rotatable bonds is 3. The van der Waals surface area contributed by atoms with Gasteiger partial charge in [0, 0.05) is 26.2 Å². The van der Waals surface area contributed by atoms with Crippen molar-refractivity contribution in [3.8, 4) is 0 Å². The third-order valence-electron chi connectivity index (χ3n) is 3.99. The standard InChI is InChI=1S/C14H26N2O3/c1-11-6-16(7-12(2)19-11)14(18)9-15-5-3-4-13(8-15)10-17/h11-13,17H,3-10H2,1-2H3. The SMILES string of the molecule is CC1CN(C(=O)CN2CCCC(CO)C2)CC(C)O1. The largest absolute Gasteiger partial charge is 0.396 e. The van der Waals surface area contributed by atoms with Crippen LogP contribution in [-0.2, 0) is 9.53 Å². The fraction of sp³-hybridized carbons (Fsp3) is 0.929. The Hall–Kier alpha value is -0.650. The first-order chi connectivity index (χ1) is 9.08. The van der Waals surface area contributed by atoms with E-state index in [1.54, 1.807) is 0 Å². The summed E-state index contributed by atoms with van der Waals surface area (Å²) >= 11 is 0. The molecule has 0 aromatic rings. The van der Waals surface area contributed by atoms with Crippen molar-refractivity contribution < 1.29 is 14.6 Å². The maximum absolute atomic E-state index is 12.3. The van der Waals surface area contributed by atoms with Gasteiger partial charge in [-0.2, -0.15) is 0 Å². The Morgan fingerprint density at radius 3 is 2.58 bits per heavy atom. The topological polar surface area (TPSA) is 53.0 Å². The number of carbonyl (C=O) groups excluding carboxylic acids is 1. The molecular formula is C14H26N2O3. The highest BCUT2D eigenvalue weighted by Gasteiger charge is 2.28. The van der Waals surface area contributed by atoms with Gasteiger partial charge < -0.3 is 14.7 Å². The minimum absolute atomic E-state index is 0.124. The van der Waals surface area contributed by atoms with E-state index in [-0.39, 0.29) is 24.7 Å². The van der Waals surface area contributed by atoms with Gasteiger partial charge in [-0.05, 0) is 39.2 Å². The first-order valence-electron chi connectivity index (χ1n) is 7.35. The van der Waals surface area contributed by atoms with Crippen molar-refractivity contribution in [2.45, 2.75) is 38.9 Å². The second kappa shape index (κ2) is 6.68. The van der Waals surface area contributed by atoms with Crippen LogP contribution in [0.1, 0.15) is 26.7 Å². The highest BCUT2D eigenvalue weighted by atomic mass is 16.5. The van der Waals surface area contributed by atoms with E-state index in [2.05, 4.69) is 4.90 Å². The molecule has 2 rings (SSSR count). The number of morpholine rings is 1. The number of piperidine rings is 1. The van der Waals surface area contributed by atoms with E-state index < -0.39 is 0 Å². The van der Waals surface area contributed by atoms with Gasteiger partial charge in [0.1, 0.15) is 0 Å². The predicted octanol–water partition coefficient (Wildman–Crippen LogP) is 0.327. The fourth-order valence-electron chi connectivity index (χ4n) is 3.12. The third-order valence-corrected chi connectivity index (χ3v) is 3.99. The van der Waals surface area contributed by atoms with Crippen LogP contribution in [0.25, 0.3) is 0 Å². The number of ether oxygens (including phenoxy) is 1. The second-order valence-corrected chi connectivity index (χ2v) is 5.98. The first-order valence-corrected chi connectivity index (χ1v) is 7.35. The summed E-state index contributed by atoms with van der Waals surface area (Å²) in [6.45, 7) is 7.94. The second-order valence-electron chi connectivity index (χ2n) is 5.98. The summed E-state index contributed by atoms with van der Waals surface area (Å²) in [6, 6.07) is 0. The lowest BCUT2D eigenvalue weighted by molar-refractivity contribution is -0.144. The zero-order chi connectivity index (χ0) is 13.8. The minimum Gasteiger partial charge on any atom is -0.396 e. The van der Waals surface area contributed by atoms with Crippen molar-refractivity contribution in [1.29, 1.82) is 0 Å². The summed E-state index contributed by atoms with van der Waals surface area (Å²) in [5, 5.41) is 9.22. The molecule has 5 heteroatoms. The van der Waals surface area contributed by atoms with Gasteiger partial charge in [-0.25, -0.2) is 0 Å². The molecule has 2 fully saturated rings. The summed E-state index contributed by atoms with van der Waals surface area (Å²) in [6.07, 6.45) is 2.40. The van der Waals surface area contributed by atoms with Gasteiger partial charge in [-0.3, -0.25) is 9.69 Å². The Bertz CT molecular complexity index is 301. The van der Waals surface area contributed by atoms with Crippen molar-refractivity contribution in [3.05, 3.63) is 0 Å². The average Bonchev–Trinajstić information content (AvgIpc) is 2.37. The van der Waals surface area contributed by atoms with Gasteiger partial charge in [0.2, 0.25) is 5.91 Å². The number of aliphatic hydroxyl groups is 1. The van der Waals surface area contributed by atoms with Crippen LogP contribution in [0.15, 0.2) is 0 Å². The molecule has 0 aromatic heterocycles. The van der Waals surface area contributed by atoms with E-state index in [0.717, 1.165) is 25.9 Å². The molecule has 110 valence electrons. The summed E-state index contributed by atoms with van der Waals surface area (Å²) in [4.78, 5) is 16.4. The monoisotopic (exact) mass is 270 g/mol. The lowest BCUT2D eigenvalue weighted by atomic mass is 9.99. The van der Waals surface area contributed by atoms with E-state index in [9.17, 15) is 9.90 Å². The molecule has 0 bridgehead atoms. The van der Waals surface area contributed by atoms with Gasteiger partial charge in [0.05, 0.1) is 18.8 Å². The zero-order valence-electron chi connectivity index (χ0n) is 12.0. The molecular weight excluding hydrogens is 244 g/mol. The fourth-order valence-corrected chi connectivity index (χ4v) is 3.12. The van der Waals surface area contributed by atoms with Crippen molar-refractivity contribution in [2.24, 2.45) is 5.92 Å². The van der Waals surface area contributed by atoms with E-state index >= 15 is 0 Å². The van der Waals surface area contributed by atoms with Crippen LogP contribution in [0.2, 0.25) is 0 Å². The van der Waals surface area contributed by atoms with Gasteiger partial charge in [-0.15, -0.1) is 0 Å². The van der Waals surface area contributed by atoms with Gasteiger partial charge in [-0.1, -0.05) is 0 Å². The Balaban J connectivity index is 1.83. The highest BCUT2D eigenvalue weighted by molar-refractivity contribution is 5.78. The smallest absolute Gasteiger partial charge is 0.236 e. The van der Waals surface area contributed by atoms with E-state index in [1.165, 1.54) is 0 Å². The quantitative estimate of drug-likeness (QED) is 0.803. The Morgan fingerprint density at radius 2 is 1.95 bits per heavy atom. The molecule has 2 aliphatic rings. The molecule has 0 aliphatic carbocycles. The van der Waals surface area contributed by atoms with Crippen molar-refractivity contribution in [1.82, 2.24) is 9.80 Å². The summed E-state index contributed by atoms with van der Waals surface area (Å²) < 4.78 is 5.65. The molecule has 19 heavy (non-hydrogen) atoms. The average molecular weight is 270 g/mol. The van der Waals surface area contributed by atoms with Crippen LogP contribution in [0, 0.1) is 5.92 Å². The number of hydrogen-bond acceptors (Lipinski definition) is 4. The van der Waals surface area contributed by atoms with Crippen LogP contribution in [0.5, 0.6) is 0 Å². The Morgan fingerprint density at radius 1 is 1.26 bits per heavy atom. The summed E-state index contributed by atoms with van der Waals surface area (Å²) in [7, 11) is 0. The molecule has 3 unspecified atom stereocenters. The molecule has 0 saturated carbocycles. The molecule has 0 radical (unpaired) electrons. The first kappa shape index (κ1) is 14.8.